The van der Waals surface area contributed by atoms with Crippen LogP contribution in [0.2, 0.25) is 0 Å². The van der Waals surface area contributed by atoms with Gasteiger partial charge >= 0.3 is 0 Å². The zero-order chi connectivity index (χ0) is 13.9. The van der Waals surface area contributed by atoms with E-state index in [0.29, 0.717) is 16.9 Å². The maximum Gasteiger partial charge on any atom is 0.138 e. The Bertz CT molecular complexity index is 536. The molecular weight excluding hydrogens is 355 g/mol. The van der Waals surface area contributed by atoms with Crippen LogP contribution in [0.5, 0.6) is 5.75 Å². The zero-order valence-corrected chi connectivity index (χ0v) is 12.7. The van der Waals surface area contributed by atoms with Gasteiger partial charge < -0.3 is 14.9 Å². The first kappa shape index (κ1) is 14.3. The molecule has 4 heteroatoms. The Morgan fingerprint density at radius 3 is 1.89 bits per heavy atom. The van der Waals surface area contributed by atoms with Gasteiger partial charge in [-0.1, -0.05) is 24.3 Å². The summed E-state index contributed by atoms with van der Waals surface area (Å²) in [4.78, 5) is 0. The van der Waals surface area contributed by atoms with Crippen molar-refractivity contribution in [2.75, 3.05) is 13.7 Å². The molecule has 0 aliphatic rings. The van der Waals surface area contributed by atoms with E-state index in [1.54, 1.807) is 31.4 Å². The fourth-order valence-corrected chi connectivity index (χ4v) is 2.30. The number of methoxy groups -OCH3 is 1. The van der Waals surface area contributed by atoms with Crippen molar-refractivity contribution in [1.29, 1.82) is 0 Å². The summed E-state index contributed by atoms with van der Waals surface area (Å²) in [6.07, 6.45) is 0. The van der Waals surface area contributed by atoms with Crippen LogP contribution in [0, 0.1) is 3.57 Å². The van der Waals surface area contributed by atoms with Crippen molar-refractivity contribution in [3.8, 4) is 5.75 Å². The van der Waals surface area contributed by atoms with Gasteiger partial charge in [0.2, 0.25) is 0 Å². The normalized spacial score (nSPS) is 13.9. The molecule has 2 N–H and O–H groups in total. The molecular formula is C15H15IO3. The number of aliphatic hydroxyl groups is 2. The quantitative estimate of drug-likeness (QED) is 0.814. The smallest absolute Gasteiger partial charge is 0.138 e. The summed E-state index contributed by atoms with van der Waals surface area (Å²) in [7, 11) is 1.59. The molecule has 0 spiro atoms. The van der Waals surface area contributed by atoms with E-state index in [0.717, 1.165) is 3.57 Å². The molecule has 3 nitrogen and oxygen atoms in total. The highest BCUT2D eigenvalue weighted by Gasteiger charge is 2.30. The van der Waals surface area contributed by atoms with Crippen molar-refractivity contribution in [1.82, 2.24) is 0 Å². The molecule has 0 aromatic heterocycles. The Hall–Kier alpha value is -1.11. The zero-order valence-electron chi connectivity index (χ0n) is 10.5. The molecule has 2 aromatic rings. The first-order valence-electron chi connectivity index (χ1n) is 5.84. The molecule has 0 saturated carbocycles. The van der Waals surface area contributed by atoms with Crippen molar-refractivity contribution >= 4 is 22.6 Å². The summed E-state index contributed by atoms with van der Waals surface area (Å²) in [5, 5.41) is 20.3. The van der Waals surface area contributed by atoms with Crippen molar-refractivity contribution in [3.63, 3.8) is 0 Å². The van der Waals surface area contributed by atoms with Gasteiger partial charge in [-0.25, -0.2) is 0 Å². The van der Waals surface area contributed by atoms with E-state index in [9.17, 15) is 10.2 Å². The van der Waals surface area contributed by atoms with E-state index in [1.807, 2.05) is 24.3 Å². The van der Waals surface area contributed by atoms with Gasteiger partial charge in [-0.05, 0) is 58.0 Å². The van der Waals surface area contributed by atoms with E-state index >= 15 is 0 Å². The predicted molar refractivity (Wildman–Crippen MR) is 82.2 cm³/mol. The summed E-state index contributed by atoms with van der Waals surface area (Å²) in [5.74, 6) is 0.714. The van der Waals surface area contributed by atoms with Gasteiger partial charge in [-0.2, -0.15) is 0 Å². The van der Waals surface area contributed by atoms with Crippen LogP contribution in [-0.2, 0) is 5.60 Å². The van der Waals surface area contributed by atoms with Gasteiger partial charge in [0.1, 0.15) is 11.4 Å². The molecule has 0 aliphatic carbocycles. The highest BCUT2D eigenvalue weighted by molar-refractivity contribution is 14.1. The Balaban J connectivity index is 2.43. The largest absolute Gasteiger partial charge is 0.497 e. The topological polar surface area (TPSA) is 49.7 Å². The average Bonchev–Trinajstić information content (AvgIpc) is 2.47. The molecule has 0 radical (unpaired) electrons. The molecule has 0 heterocycles. The van der Waals surface area contributed by atoms with E-state index in [2.05, 4.69) is 22.6 Å². The third kappa shape index (κ3) is 2.91. The number of hydrogen-bond donors (Lipinski definition) is 2. The summed E-state index contributed by atoms with van der Waals surface area (Å²) in [6.45, 7) is -0.375. The summed E-state index contributed by atoms with van der Waals surface area (Å²) in [6, 6.07) is 14.5. The standard InChI is InChI=1S/C15H15IO3/c1-19-14-8-4-12(5-9-14)15(18,10-17)11-2-6-13(16)7-3-11/h2-9,17-18H,10H2,1H3/t15-/m0/s1. The molecule has 2 aromatic carbocycles. The van der Waals surface area contributed by atoms with Gasteiger partial charge in [0.15, 0.2) is 0 Å². The first-order valence-corrected chi connectivity index (χ1v) is 6.92. The summed E-state index contributed by atoms with van der Waals surface area (Å²) < 4.78 is 6.17. The molecule has 0 saturated heterocycles. The highest BCUT2D eigenvalue weighted by atomic mass is 127. The lowest BCUT2D eigenvalue weighted by atomic mass is 9.87. The van der Waals surface area contributed by atoms with Crippen molar-refractivity contribution in [2.24, 2.45) is 0 Å². The van der Waals surface area contributed by atoms with Crippen LogP contribution < -0.4 is 4.74 Å². The monoisotopic (exact) mass is 370 g/mol. The Labute approximate surface area is 126 Å². The molecule has 0 bridgehead atoms. The number of hydrogen-bond acceptors (Lipinski definition) is 3. The number of halogens is 1. The minimum Gasteiger partial charge on any atom is -0.497 e. The maximum absolute atomic E-state index is 10.7. The van der Waals surface area contributed by atoms with E-state index in [-0.39, 0.29) is 6.61 Å². The third-order valence-electron chi connectivity index (χ3n) is 3.12. The van der Waals surface area contributed by atoms with Gasteiger partial charge in [-0.3, -0.25) is 0 Å². The third-order valence-corrected chi connectivity index (χ3v) is 3.84. The molecule has 100 valence electrons. The van der Waals surface area contributed by atoms with Crippen molar-refractivity contribution in [3.05, 3.63) is 63.2 Å². The number of aliphatic hydroxyl groups excluding tert-OH is 1. The molecule has 19 heavy (non-hydrogen) atoms. The van der Waals surface area contributed by atoms with Crippen LogP contribution in [0.4, 0.5) is 0 Å². The Morgan fingerprint density at radius 1 is 1.00 bits per heavy atom. The second kappa shape index (κ2) is 5.90. The molecule has 1 atom stereocenters. The summed E-state index contributed by atoms with van der Waals surface area (Å²) >= 11 is 2.20. The molecule has 0 unspecified atom stereocenters. The molecule has 0 aliphatic heterocycles. The van der Waals surface area contributed by atoms with Gasteiger partial charge in [0.25, 0.3) is 0 Å². The first-order chi connectivity index (χ1) is 9.10. The van der Waals surface area contributed by atoms with Crippen LogP contribution in [0.1, 0.15) is 11.1 Å². The van der Waals surface area contributed by atoms with Crippen LogP contribution in [0.15, 0.2) is 48.5 Å². The van der Waals surface area contributed by atoms with Gasteiger partial charge in [-0.15, -0.1) is 0 Å². The lowest BCUT2D eigenvalue weighted by Crippen LogP contribution is -2.31. The van der Waals surface area contributed by atoms with Crippen LogP contribution in [0.25, 0.3) is 0 Å². The summed E-state index contributed by atoms with van der Waals surface area (Å²) in [5.41, 5.74) is -0.0889. The average molecular weight is 370 g/mol. The van der Waals surface area contributed by atoms with Gasteiger partial charge in [0, 0.05) is 3.57 Å². The fraction of sp³-hybridized carbons (Fsp3) is 0.200. The minimum atomic E-state index is -1.39. The van der Waals surface area contributed by atoms with Crippen LogP contribution in [-0.4, -0.2) is 23.9 Å². The fourth-order valence-electron chi connectivity index (χ4n) is 1.94. The number of benzene rings is 2. The van der Waals surface area contributed by atoms with Crippen molar-refractivity contribution in [2.45, 2.75) is 5.60 Å². The predicted octanol–water partition coefficient (Wildman–Crippen LogP) is 2.53. The van der Waals surface area contributed by atoms with E-state index in [4.69, 9.17) is 4.74 Å². The maximum atomic E-state index is 10.7. The van der Waals surface area contributed by atoms with E-state index < -0.39 is 5.60 Å². The lowest BCUT2D eigenvalue weighted by Gasteiger charge is -2.27. The second-order valence-electron chi connectivity index (χ2n) is 4.25. The molecule has 2 rings (SSSR count). The number of ether oxygens (including phenoxy) is 1. The van der Waals surface area contributed by atoms with Crippen molar-refractivity contribution < 1.29 is 14.9 Å². The second-order valence-corrected chi connectivity index (χ2v) is 5.50. The highest BCUT2D eigenvalue weighted by Crippen LogP contribution is 2.30. The molecule has 0 amide bonds. The lowest BCUT2D eigenvalue weighted by molar-refractivity contribution is 0.0172. The Kier molecular flexibility index (Phi) is 4.44. The van der Waals surface area contributed by atoms with E-state index in [1.165, 1.54) is 0 Å². The minimum absolute atomic E-state index is 0.375. The SMILES string of the molecule is COc1ccc([C@](O)(CO)c2ccc(I)cc2)cc1. The van der Waals surface area contributed by atoms with Crippen LogP contribution in [0.3, 0.4) is 0 Å². The van der Waals surface area contributed by atoms with Crippen LogP contribution >= 0.6 is 22.6 Å². The number of rotatable bonds is 4. The molecule has 0 fully saturated rings. The van der Waals surface area contributed by atoms with Gasteiger partial charge in [0.05, 0.1) is 13.7 Å². The Morgan fingerprint density at radius 2 is 1.47 bits per heavy atom.